The average molecular weight is 211 g/mol. The number of aryl methyl sites for hydroxylation is 1. The Morgan fingerprint density at radius 2 is 2.00 bits per heavy atom. The lowest BCUT2D eigenvalue weighted by atomic mass is 9.88. The molecule has 2 N–H and O–H groups in total. The Morgan fingerprint density at radius 1 is 1.27 bits per heavy atom. The van der Waals surface area contributed by atoms with Crippen molar-refractivity contribution < 1.29 is 8.78 Å². The van der Waals surface area contributed by atoms with Gasteiger partial charge in [-0.25, -0.2) is 8.78 Å². The minimum atomic E-state index is -2.60. The van der Waals surface area contributed by atoms with Crippen LogP contribution in [0.5, 0.6) is 0 Å². The molecule has 0 amide bonds. The Hall–Kier alpha value is -0.960. The second kappa shape index (κ2) is 3.27. The van der Waals surface area contributed by atoms with Gasteiger partial charge in [0.2, 0.25) is 5.92 Å². The summed E-state index contributed by atoms with van der Waals surface area (Å²) in [6.07, 6.45) is 0.0321. The molecule has 1 aliphatic carbocycles. The van der Waals surface area contributed by atoms with Crippen LogP contribution in [-0.2, 0) is 5.54 Å². The Bertz CT molecular complexity index is 376. The molecular weight excluding hydrogens is 196 g/mol. The molecule has 0 saturated heterocycles. The molecule has 82 valence electrons. The summed E-state index contributed by atoms with van der Waals surface area (Å²) in [7, 11) is 0. The number of rotatable bonds is 1. The third-order valence-electron chi connectivity index (χ3n) is 3.10. The second-order valence-electron chi connectivity index (χ2n) is 4.56. The molecule has 1 saturated carbocycles. The van der Waals surface area contributed by atoms with E-state index < -0.39 is 11.5 Å². The van der Waals surface area contributed by atoms with Crippen molar-refractivity contribution in [3.63, 3.8) is 0 Å². The van der Waals surface area contributed by atoms with Gasteiger partial charge in [0.1, 0.15) is 0 Å². The largest absolute Gasteiger partial charge is 0.321 e. The first kappa shape index (κ1) is 10.6. The fraction of sp³-hybridized carbons (Fsp3) is 0.500. The van der Waals surface area contributed by atoms with Crippen LogP contribution in [0.25, 0.3) is 0 Å². The highest BCUT2D eigenvalue weighted by atomic mass is 19.3. The Labute approximate surface area is 88.3 Å². The molecule has 2 rings (SSSR count). The number of halogens is 2. The van der Waals surface area contributed by atoms with Crippen molar-refractivity contribution in [1.82, 2.24) is 0 Å². The van der Waals surface area contributed by atoms with Crippen molar-refractivity contribution in [3.05, 3.63) is 35.4 Å². The van der Waals surface area contributed by atoms with E-state index in [1.54, 1.807) is 0 Å². The van der Waals surface area contributed by atoms with Crippen LogP contribution in [0.15, 0.2) is 24.3 Å². The highest BCUT2D eigenvalue weighted by Crippen LogP contribution is 2.45. The first-order valence-electron chi connectivity index (χ1n) is 5.15. The molecule has 1 unspecified atom stereocenters. The molecule has 0 heterocycles. The molecule has 1 aromatic carbocycles. The minimum absolute atomic E-state index is 0.0998. The molecule has 1 aromatic rings. The normalized spacial score (nSPS) is 29.3. The molecule has 1 atom stereocenters. The number of hydrogen-bond donors (Lipinski definition) is 1. The van der Waals surface area contributed by atoms with Gasteiger partial charge in [-0.05, 0) is 18.9 Å². The summed E-state index contributed by atoms with van der Waals surface area (Å²) >= 11 is 0. The topological polar surface area (TPSA) is 26.0 Å². The predicted molar refractivity (Wildman–Crippen MR) is 55.8 cm³/mol. The maximum Gasteiger partial charge on any atom is 0.250 e. The van der Waals surface area contributed by atoms with Gasteiger partial charge in [-0.1, -0.05) is 29.8 Å². The van der Waals surface area contributed by atoms with Crippen molar-refractivity contribution in [2.45, 2.75) is 37.6 Å². The Kier molecular flexibility index (Phi) is 2.30. The van der Waals surface area contributed by atoms with E-state index in [0.29, 0.717) is 6.42 Å². The van der Waals surface area contributed by atoms with Gasteiger partial charge in [0, 0.05) is 18.4 Å². The summed E-state index contributed by atoms with van der Waals surface area (Å²) in [5.74, 6) is -2.60. The lowest BCUT2D eigenvalue weighted by molar-refractivity contribution is 0.00291. The van der Waals surface area contributed by atoms with E-state index in [9.17, 15) is 8.78 Å². The lowest BCUT2D eigenvalue weighted by Crippen LogP contribution is -2.35. The maximum absolute atomic E-state index is 13.1. The van der Waals surface area contributed by atoms with Crippen LogP contribution in [0, 0.1) is 6.92 Å². The molecule has 0 spiro atoms. The molecule has 0 radical (unpaired) electrons. The van der Waals surface area contributed by atoms with Gasteiger partial charge >= 0.3 is 0 Å². The third-order valence-corrected chi connectivity index (χ3v) is 3.10. The van der Waals surface area contributed by atoms with Gasteiger partial charge in [0.15, 0.2) is 0 Å². The van der Waals surface area contributed by atoms with E-state index in [2.05, 4.69) is 0 Å². The molecule has 1 aliphatic rings. The zero-order valence-electron chi connectivity index (χ0n) is 8.76. The first-order chi connectivity index (χ1) is 6.91. The van der Waals surface area contributed by atoms with E-state index in [-0.39, 0.29) is 12.8 Å². The highest BCUT2D eigenvalue weighted by molar-refractivity contribution is 5.30. The van der Waals surface area contributed by atoms with Crippen LogP contribution in [-0.4, -0.2) is 5.92 Å². The van der Waals surface area contributed by atoms with E-state index >= 15 is 0 Å². The van der Waals surface area contributed by atoms with Crippen LogP contribution in [0.4, 0.5) is 8.78 Å². The SMILES string of the molecule is Cc1cccc(C2(N)CCC(F)(F)C2)c1. The van der Waals surface area contributed by atoms with Crippen molar-refractivity contribution >= 4 is 0 Å². The molecule has 3 heteroatoms. The van der Waals surface area contributed by atoms with Crippen LogP contribution in [0.3, 0.4) is 0 Å². The average Bonchev–Trinajstić information content (AvgIpc) is 2.42. The highest BCUT2D eigenvalue weighted by Gasteiger charge is 2.47. The smallest absolute Gasteiger partial charge is 0.250 e. The van der Waals surface area contributed by atoms with Crippen LogP contribution in [0.1, 0.15) is 30.4 Å². The van der Waals surface area contributed by atoms with E-state index in [0.717, 1.165) is 11.1 Å². The molecular formula is C12H15F2N. The number of hydrogen-bond acceptors (Lipinski definition) is 1. The molecule has 1 nitrogen and oxygen atoms in total. The molecule has 0 aromatic heterocycles. The van der Waals surface area contributed by atoms with Crippen molar-refractivity contribution in [1.29, 1.82) is 0 Å². The monoisotopic (exact) mass is 211 g/mol. The summed E-state index contributed by atoms with van der Waals surface area (Å²) in [5.41, 5.74) is 7.10. The van der Waals surface area contributed by atoms with Crippen molar-refractivity contribution in [2.75, 3.05) is 0 Å². The molecule has 0 bridgehead atoms. The number of nitrogens with two attached hydrogens (primary N) is 1. The van der Waals surface area contributed by atoms with Crippen LogP contribution < -0.4 is 5.73 Å². The zero-order valence-corrected chi connectivity index (χ0v) is 8.76. The quantitative estimate of drug-likeness (QED) is 0.759. The Balaban J connectivity index is 2.31. The standard InChI is InChI=1S/C12H15F2N/c1-9-3-2-4-10(7-9)11(15)5-6-12(13,14)8-11/h2-4,7H,5-6,8,15H2,1H3. The van der Waals surface area contributed by atoms with Gasteiger partial charge in [-0.3, -0.25) is 0 Å². The fourth-order valence-corrected chi connectivity index (χ4v) is 2.25. The summed E-state index contributed by atoms with van der Waals surface area (Å²) in [6.45, 7) is 1.94. The van der Waals surface area contributed by atoms with Crippen molar-refractivity contribution in [2.24, 2.45) is 5.73 Å². The third kappa shape index (κ3) is 2.02. The van der Waals surface area contributed by atoms with Gasteiger partial charge in [0.05, 0.1) is 0 Å². The van der Waals surface area contributed by atoms with E-state index in [1.165, 1.54) is 0 Å². The van der Waals surface area contributed by atoms with E-state index in [1.807, 2.05) is 31.2 Å². The van der Waals surface area contributed by atoms with E-state index in [4.69, 9.17) is 5.73 Å². The van der Waals surface area contributed by atoms with Gasteiger partial charge in [0.25, 0.3) is 0 Å². The molecule has 1 fully saturated rings. The Morgan fingerprint density at radius 3 is 2.53 bits per heavy atom. The first-order valence-corrected chi connectivity index (χ1v) is 5.15. The summed E-state index contributed by atoms with van der Waals surface area (Å²) in [5, 5.41) is 0. The van der Waals surface area contributed by atoms with Gasteiger partial charge < -0.3 is 5.73 Å². The number of alkyl halides is 2. The number of benzene rings is 1. The second-order valence-corrected chi connectivity index (χ2v) is 4.56. The summed E-state index contributed by atoms with van der Waals surface area (Å²) in [6, 6.07) is 7.56. The predicted octanol–water partition coefficient (Wildman–Crippen LogP) is 2.97. The summed E-state index contributed by atoms with van der Waals surface area (Å²) in [4.78, 5) is 0. The van der Waals surface area contributed by atoms with Crippen LogP contribution >= 0.6 is 0 Å². The van der Waals surface area contributed by atoms with Gasteiger partial charge in [-0.2, -0.15) is 0 Å². The van der Waals surface area contributed by atoms with Crippen molar-refractivity contribution in [3.8, 4) is 0 Å². The maximum atomic E-state index is 13.1. The molecule has 0 aliphatic heterocycles. The summed E-state index contributed by atoms with van der Waals surface area (Å²) < 4.78 is 26.3. The fourth-order valence-electron chi connectivity index (χ4n) is 2.25. The molecule has 15 heavy (non-hydrogen) atoms. The zero-order chi connectivity index (χ0) is 11.1. The van der Waals surface area contributed by atoms with Gasteiger partial charge in [-0.15, -0.1) is 0 Å². The lowest BCUT2D eigenvalue weighted by Gasteiger charge is -2.24. The minimum Gasteiger partial charge on any atom is -0.321 e. The van der Waals surface area contributed by atoms with Crippen LogP contribution in [0.2, 0.25) is 0 Å².